The first-order chi connectivity index (χ1) is 9.24. The molecule has 0 unspecified atom stereocenters. The van der Waals surface area contributed by atoms with Crippen LogP contribution in [0.15, 0.2) is 23.1 Å². The summed E-state index contributed by atoms with van der Waals surface area (Å²) in [6.45, 7) is 3.32. The van der Waals surface area contributed by atoms with Crippen LogP contribution in [0.5, 0.6) is 0 Å². The van der Waals surface area contributed by atoms with Crippen molar-refractivity contribution in [2.24, 2.45) is 7.05 Å². The molecule has 0 saturated heterocycles. The first-order valence-corrected chi connectivity index (χ1v) is 7.95. The zero-order valence-electron chi connectivity index (χ0n) is 11.1. The van der Waals surface area contributed by atoms with Crippen molar-refractivity contribution in [2.45, 2.75) is 18.7 Å². The summed E-state index contributed by atoms with van der Waals surface area (Å²) in [7, 11) is -2.12. The lowest BCUT2D eigenvalue weighted by atomic mass is 10.3. The number of nitrogens with zero attached hydrogens (tertiary/aromatic N) is 2. The maximum Gasteiger partial charge on any atom is 0.265 e. The van der Waals surface area contributed by atoms with Gasteiger partial charge in [0.15, 0.2) is 0 Å². The number of rotatable bonds is 3. The molecule has 0 saturated carbocycles. The van der Waals surface area contributed by atoms with Crippen LogP contribution >= 0.6 is 23.2 Å². The third-order valence-corrected chi connectivity index (χ3v) is 5.14. The second kappa shape index (κ2) is 5.27. The van der Waals surface area contributed by atoms with E-state index < -0.39 is 10.0 Å². The molecule has 1 N–H and O–H groups in total. The highest BCUT2D eigenvalue weighted by molar-refractivity contribution is 7.92. The van der Waals surface area contributed by atoms with E-state index in [0.29, 0.717) is 11.4 Å². The minimum atomic E-state index is -3.80. The molecule has 1 heterocycles. The number of halogens is 2. The molecule has 0 atom stereocenters. The van der Waals surface area contributed by atoms with Crippen LogP contribution in [0.1, 0.15) is 11.4 Å². The molecule has 0 aliphatic heterocycles. The van der Waals surface area contributed by atoms with Crippen molar-refractivity contribution < 1.29 is 8.42 Å². The van der Waals surface area contributed by atoms with Crippen molar-refractivity contribution in [3.8, 4) is 0 Å². The van der Waals surface area contributed by atoms with Crippen molar-refractivity contribution in [2.75, 3.05) is 4.72 Å². The number of benzene rings is 1. The minimum Gasteiger partial charge on any atom is -0.276 e. The zero-order valence-corrected chi connectivity index (χ0v) is 13.4. The predicted octanol–water partition coefficient (Wildman–Crippen LogP) is 3.14. The van der Waals surface area contributed by atoms with Crippen molar-refractivity contribution in [1.29, 1.82) is 0 Å². The van der Waals surface area contributed by atoms with E-state index in [1.165, 1.54) is 4.68 Å². The van der Waals surface area contributed by atoms with Crippen LogP contribution in [0.25, 0.3) is 0 Å². The molecule has 0 fully saturated rings. The predicted molar refractivity (Wildman–Crippen MR) is 80.0 cm³/mol. The Hall–Kier alpha value is -1.24. The molecular formula is C12H13Cl2N3O2S. The molecular weight excluding hydrogens is 321 g/mol. The van der Waals surface area contributed by atoms with Gasteiger partial charge >= 0.3 is 0 Å². The molecule has 0 spiro atoms. The number of para-hydroxylation sites is 1. The smallest absolute Gasteiger partial charge is 0.265 e. The lowest BCUT2D eigenvalue weighted by Crippen LogP contribution is -2.15. The van der Waals surface area contributed by atoms with Crippen molar-refractivity contribution in [3.05, 3.63) is 39.6 Å². The van der Waals surface area contributed by atoms with E-state index in [9.17, 15) is 8.42 Å². The highest BCUT2D eigenvalue weighted by Crippen LogP contribution is 2.32. The quantitative estimate of drug-likeness (QED) is 0.938. The Morgan fingerprint density at radius 3 is 2.20 bits per heavy atom. The van der Waals surface area contributed by atoms with E-state index >= 15 is 0 Å². The van der Waals surface area contributed by atoms with Crippen LogP contribution in [0, 0.1) is 13.8 Å². The largest absolute Gasteiger partial charge is 0.276 e. The molecule has 20 heavy (non-hydrogen) atoms. The van der Waals surface area contributed by atoms with Gasteiger partial charge in [0, 0.05) is 7.05 Å². The Morgan fingerprint density at radius 2 is 1.75 bits per heavy atom. The van der Waals surface area contributed by atoms with Crippen LogP contribution in [-0.4, -0.2) is 18.2 Å². The number of hydrogen-bond acceptors (Lipinski definition) is 3. The number of hydrogen-bond donors (Lipinski definition) is 1. The van der Waals surface area contributed by atoms with Crippen LogP contribution in [0.3, 0.4) is 0 Å². The summed E-state index contributed by atoms with van der Waals surface area (Å²) in [6, 6.07) is 4.77. The van der Waals surface area contributed by atoms with Gasteiger partial charge < -0.3 is 0 Å². The topological polar surface area (TPSA) is 64.0 Å². The van der Waals surface area contributed by atoms with Gasteiger partial charge in [-0.15, -0.1) is 0 Å². The van der Waals surface area contributed by atoms with Gasteiger partial charge in [0.1, 0.15) is 4.90 Å². The van der Waals surface area contributed by atoms with Crippen LogP contribution in [-0.2, 0) is 17.1 Å². The van der Waals surface area contributed by atoms with Crippen molar-refractivity contribution >= 4 is 38.9 Å². The summed E-state index contributed by atoms with van der Waals surface area (Å²) in [6.07, 6.45) is 0. The first-order valence-electron chi connectivity index (χ1n) is 5.71. The zero-order chi connectivity index (χ0) is 15.1. The molecule has 8 heteroatoms. The third kappa shape index (κ3) is 2.63. The maximum absolute atomic E-state index is 12.5. The lowest BCUT2D eigenvalue weighted by molar-refractivity contribution is 0.599. The normalized spacial score (nSPS) is 11.7. The summed E-state index contributed by atoms with van der Waals surface area (Å²) in [4.78, 5) is 0.135. The van der Waals surface area contributed by atoms with Gasteiger partial charge in [0.2, 0.25) is 0 Å². The minimum absolute atomic E-state index is 0.135. The van der Waals surface area contributed by atoms with Gasteiger partial charge in [-0.25, -0.2) is 8.42 Å². The second-order valence-corrected chi connectivity index (χ2v) is 6.76. The molecule has 0 aliphatic rings. The highest BCUT2D eigenvalue weighted by Gasteiger charge is 2.25. The SMILES string of the molecule is Cc1nn(C)c(C)c1S(=O)(=O)Nc1c(Cl)cccc1Cl. The number of aryl methyl sites for hydroxylation is 2. The first kappa shape index (κ1) is 15.2. The molecule has 0 radical (unpaired) electrons. The van der Waals surface area contributed by atoms with E-state index in [2.05, 4.69) is 9.82 Å². The second-order valence-electron chi connectivity index (χ2n) is 4.33. The summed E-state index contributed by atoms with van der Waals surface area (Å²) in [5, 5.41) is 4.57. The third-order valence-electron chi connectivity index (χ3n) is 2.91. The number of sulfonamides is 1. The standard InChI is InChI=1S/C12H13Cl2N3O2S/c1-7-12(8(2)17(3)15-7)20(18,19)16-11-9(13)5-4-6-10(11)14/h4-6,16H,1-3H3. The van der Waals surface area contributed by atoms with Crippen LogP contribution in [0.2, 0.25) is 10.0 Å². The Balaban J connectivity index is 2.52. The Kier molecular flexibility index (Phi) is 4.00. The molecule has 2 rings (SSSR count). The van der Waals surface area contributed by atoms with Crippen LogP contribution in [0.4, 0.5) is 5.69 Å². The van der Waals surface area contributed by atoms with Gasteiger partial charge in [-0.05, 0) is 26.0 Å². The van der Waals surface area contributed by atoms with Gasteiger partial charge in [-0.1, -0.05) is 29.3 Å². The van der Waals surface area contributed by atoms with E-state index in [4.69, 9.17) is 23.2 Å². The fourth-order valence-corrected chi connectivity index (χ4v) is 4.07. The average molecular weight is 334 g/mol. The van der Waals surface area contributed by atoms with E-state index in [1.807, 2.05) is 0 Å². The molecule has 1 aromatic carbocycles. The Morgan fingerprint density at radius 1 is 1.20 bits per heavy atom. The van der Waals surface area contributed by atoms with E-state index in [1.54, 1.807) is 39.1 Å². The maximum atomic E-state index is 12.5. The number of anilines is 1. The fourth-order valence-electron chi connectivity index (χ4n) is 1.92. The lowest BCUT2D eigenvalue weighted by Gasteiger charge is -2.11. The monoisotopic (exact) mass is 333 g/mol. The van der Waals surface area contributed by atoms with E-state index in [-0.39, 0.29) is 20.6 Å². The summed E-state index contributed by atoms with van der Waals surface area (Å²) in [5.41, 5.74) is 1.12. The Labute approximate surface area is 127 Å². The fraction of sp³-hybridized carbons (Fsp3) is 0.250. The van der Waals surface area contributed by atoms with Gasteiger partial charge in [-0.2, -0.15) is 5.10 Å². The van der Waals surface area contributed by atoms with Crippen molar-refractivity contribution in [3.63, 3.8) is 0 Å². The molecule has 0 bridgehead atoms. The summed E-state index contributed by atoms with van der Waals surface area (Å²) in [5.74, 6) is 0. The summed E-state index contributed by atoms with van der Waals surface area (Å²) >= 11 is 12.0. The van der Waals surface area contributed by atoms with Gasteiger partial charge in [-0.3, -0.25) is 9.40 Å². The Bertz CT molecular complexity index is 749. The number of nitrogens with one attached hydrogen (secondary N) is 1. The summed E-state index contributed by atoms with van der Waals surface area (Å²) < 4.78 is 28.9. The highest BCUT2D eigenvalue weighted by atomic mass is 35.5. The molecule has 1 aromatic heterocycles. The van der Waals surface area contributed by atoms with Gasteiger partial charge in [0.05, 0.1) is 27.1 Å². The van der Waals surface area contributed by atoms with E-state index in [0.717, 1.165) is 0 Å². The van der Waals surface area contributed by atoms with Crippen LogP contribution < -0.4 is 4.72 Å². The molecule has 2 aromatic rings. The molecule has 108 valence electrons. The average Bonchev–Trinajstić information content (AvgIpc) is 2.59. The molecule has 5 nitrogen and oxygen atoms in total. The molecule has 0 aliphatic carbocycles. The van der Waals surface area contributed by atoms with Crippen molar-refractivity contribution in [1.82, 2.24) is 9.78 Å². The number of aromatic nitrogens is 2. The molecule has 0 amide bonds. The van der Waals surface area contributed by atoms with Gasteiger partial charge in [0.25, 0.3) is 10.0 Å².